The van der Waals surface area contributed by atoms with E-state index in [1.54, 1.807) is 0 Å². The summed E-state index contributed by atoms with van der Waals surface area (Å²) in [4.78, 5) is 10.5. The van der Waals surface area contributed by atoms with Crippen LogP contribution >= 0.6 is 11.3 Å². The second kappa shape index (κ2) is 6.00. The van der Waals surface area contributed by atoms with E-state index in [2.05, 4.69) is 4.72 Å². The van der Waals surface area contributed by atoms with Crippen molar-refractivity contribution in [1.82, 2.24) is 4.72 Å². The molecule has 0 aliphatic heterocycles. The van der Waals surface area contributed by atoms with Crippen LogP contribution < -0.4 is 4.72 Å². The van der Waals surface area contributed by atoms with Crippen molar-refractivity contribution in [3.63, 3.8) is 0 Å². The van der Waals surface area contributed by atoms with E-state index in [1.807, 2.05) is 0 Å². The standard InChI is InChI=1S/C11H15NO5S2/c13-11(14)10-9(3-6-18-10)19(15,16)12-4-5-17-7-8-1-2-8/h3,6,8,12H,1-2,4-5,7H2,(H,13,14). The number of nitrogens with one attached hydrogen (secondary N) is 1. The number of sulfonamides is 1. The fourth-order valence-corrected chi connectivity index (χ4v) is 3.80. The SMILES string of the molecule is O=C(O)c1sccc1S(=O)(=O)NCCOCC1CC1. The molecule has 1 aliphatic carbocycles. The van der Waals surface area contributed by atoms with Crippen molar-refractivity contribution in [1.29, 1.82) is 0 Å². The average molecular weight is 305 g/mol. The number of hydrogen-bond donors (Lipinski definition) is 2. The molecule has 0 bridgehead atoms. The second-order valence-electron chi connectivity index (χ2n) is 4.34. The molecule has 0 saturated heterocycles. The summed E-state index contributed by atoms with van der Waals surface area (Å²) in [6.07, 6.45) is 2.37. The molecule has 19 heavy (non-hydrogen) atoms. The van der Waals surface area contributed by atoms with Gasteiger partial charge >= 0.3 is 5.97 Å². The molecule has 8 heteroatoms. The highest BCUT2D eigenvalue weighted by molar-refractivity contribution is 7.89. The summed E-state index contributed by atoms with van der Waals surface area (Å²) >= 11 is 0.890. The number of hydrogen-bond acceptors (Lipinski definition) is 5. The fourth-order valence-electron chi connectivity index (χ4n) is 1.53. The van der Waals surface area contributed by atoms with Crippen LogP contribution in [0.2, 0.25) is 0 Å². The molecule has 1 fully saturated rings. The summed E-state index contributed by atoms with van der Waals surface area (Å²) in [6, 6.07) is 1.29. The minimum absolute atomic E-state index is 0.143. The van der Waals surface area contributed by atoms with Gasteiger partial charge in [-0.15, -0.1) is 11.3 Å². The van der Waals surface area contributed by atoms with Crippen molar-refractivity contribution in [3.8, 4) is 0 Å². The number of rotatable bonds is 8. The maximum absolute atomic E-state index is 11.9. The Kier molecular flexibility index (Phi) is 4.56. The van der Waals surface area contributed by atoms with Gasteiger partial charge in [0.05, 0.1) is 6.61 Å². The van der Waals surface area contributed by atoms with Crippen LogP contribution in [-0.2, 0) is 14.8 Å². The smallest absolute Gasteiger partial charge is 0.347 e. The van der Waals surface area contributed by atoms with E-state index in [9.17, 15) is 13.2 Å². The molecule has 1 aliphatic rings. The molecule has 1 aromatic rings. The molecule has 2 rings (SSSR count). The lowest BCUT2D eigenvalue weighted by molar-refractivity contribution is 0.0698. The van der Waals surface area contributed by atoms with Crippen LogP contribution in [0.15, 0.2) is 16.3 Å². The van der Waals surface area contributed by atoms with Crippen LogP contribution in [0.4, 0.5) is 0 Å². The highest BCUT2D eigenvalue weighted by Gasteiger charge is 2.24. The van der Waals surface area contributed by atoms with Gasteiger partial charge in [-0.25, -0.2) is 17.9 Å². The number of carbonyl (C=O) groups is 1. The Morgan fingerprint density at radius 2 is 2.26 bits per heavy atom. The van der Waals surface area contributed by atoms with Gasteiger partial charge in [-0.1, -0.05) is 0 Å². The molecule has 0 atom stereocenters. The predicted octanol–water partition coefficient (Wildman–Crippen LogP) is 1.15. The molecule has 0 radical (unpaired) electrons. The molecule has 2 N–H and O–H groups in total. The summed E-state index contributed by atoms with van der Waals surface area (Å²) in [6.45, 7) is 1.10. The number of aromatic carboxylic acids is 1. The summed E-state index contributed by atoms with van der Waals surface area (Å²) < 4.78 is 31.5. The number of thiophene rings is 1. The van der Waals surface area contributed by atoms with Crippen molar-refractivity contribution in [2.24, 2.45) is 5.92 Å². The molecular formula is C11H15NO5S2. The number of carboxylic acid groups (broad SMARTS) is 1. The molecule has 6 nitrogen and oxygen atoms in total. The quantitative estimate of drug-likeness (QED) is 0.703. The lowest BCUT2D eigenvalue weighted by Gasteiger charge is -2.06. The van der Waals surface area contributed by atoms with Crippen molar-refractivity contribution < 1.29 is 23.1 Å². The van der Waals surface area contributed by atoms with Gasteiger partial charge in [0.2, 0.25) is 10.0 Å². The summed E-state index contributed by atoms with van der Waals surface area (Å²) in [5, 5.41) is 10.3. The molecule has 0 unspecified atom stereocenters. The predicted molar refractivity (Wildman–Crippen MR) is 70.0 cm³/mol. The lowest BCUT2D eigenvalue weighted by Crippen LogP contribution is -2.28. The van der Waals surface area contributed by atoms with Crippen LogP contribution in [-0.4, -0.2) is 39.3 Å². The van der Waals surface area contributed by atoms with Crippen molar-refractivity contribution in [2.45, 2.75) is 17.7 Å². The zero-order valence-corrected chi connectivity index (χ0v) is 11.8. The maximum atomic E-state index is 11.9. The van der Waals surface area contributed by atoms with Gasteiger partial charge < -0.3 is 9.84 Å². The third kappa shape index (κ3) is 4.00. The first-order chi connectivity index (χ1) is 9.00. The summed E-state index contributed by atoms with van der Waals surface area (Å²) in [7, 11) is -3.78. The number of carboxylic acids is 1. The first-order valence-electron chi connectivity index (χ1n) is 5.89. The molecule has 0 amide bonds. The Hall–Kier alpha value is -0.960. The molecule has 0 spiro atoms. The van der Waals surface area contributed by atoms with E-state index in [0.717, 1.165) is 11.3 Å². The zero-order chi connectivity index (χ0) is 13.9. The van der Waals surface area contributed by atoms with Gasteiger partial charge in [-0.3, -0.25) is 0 Å². The van der Waals surface area contributed by atoms with Gasteiger partial charge in [0.1, 0.15) is 9.77 Å². The minimum Gasteiger partial charge on any atom is -0.477 e. The van der Waals surface area contributed by atoms with E-state index in [0.29, 0.717) is 19.1 Å². The highest BCUT2D eigenvalue weighted by atomic mass is 32.2. The highest BCUT2D eigenvalue weighted by Crippen LogP contribution is 2.28. The number of ether oxygens (including phenoxy) is 1. The van der Waals surface area contributed by atoms with Gasteiger partial charge in [0.15, 0.2) is 0 Å². The Labute approximate surface area is 115 Å². The topological polar surface area (TPSA) is 92.7 Å². The van der Waals surface area contributed by atoms with Crippen molar-refractivity contribution >= 4 is 27.3 Å². The largest absolute Gasteiger partial charge is 0.477 e. The van der Waals surface area contributed by atoms with Crippen LogP contribution in [0, 0.1) is 5.92 Å². The van der Waals surface area contributed by atoms with E-state index < -0.39 is 16.0 Å². The van der Waals surface area contributed by atoms with Crippen molar-refractivity contribution in [3.05, 3.63) is 16.3 Å². The van der Waals surface area contributed by atoms with E-state index >= 15 is 0 Å². The normalized spacial score (nSPS) is 15.6. The molecule has 106 valence electrons. The third-order valence-corrected chi connectivity index (χ3v) is 5.24. The fraction of sp³-hybridized carbons (Fsp3) is 0.545. The second-order valence-corrected chi connectivity index (χ2v) is 6.99. The van der Waals surface area contributed by atoms with Crippen LogP contribution in [0.25, 0.3) is 0 Å². The lowest BCUT2D eigenvalue weighted by atomic mass is 10.5. The Morgan fingerprint density at radius 1 is 1.53 bits per heavy atom. The summed E-state index contributed by atoms with van der Waals surface area (Å²) in [5.41, 5.74) is 0. The first kappa shape index (κ1) is 14.4. The Morgan fingerprint density at radius 3 is 2.89 bits per heavy atom. The molecule has 1 aromatic heterocycles. The van der Waals surface area contributed by atoms with Gasteiger partial charge in [0.25, 0.3) is 0 Å². The minimum atomic E-state index is -3.78. The Balaban J connectivity index is 1.86. The maximum Gasteiger partial charge on any atom is 0.347 e. The van der Waals surface area contributed by atoms with Crippen LogP contribution in [0.5, 0.6) is 0 Å². The summed E-state index contributed by atoms with van der Waals surface area (Å²) in [5.74, 6) is -0.604. The molecule has 1 saturated carbocycles. The monoisotopic (exact) mass is 305 g/mol. The zero-order valence-electron chi connectivity index (χ0n) is 10.2. The van der Waals surface area contributed by atoms with Gasteiger partial charge in [-0.2, -0.15) is 0 Å². The molecule has 1 heterocycles. The van der Waals surface area contributed by atoms with Gasteiger partial charge in [-0.05, 0) is 30.2 Å². The van der Waals surface area contributed by atoms with Gasteiger partial charge in [0, 0.05) is 13.2 Å². The van der Waals surface area contributed by atoms with Crippen LogP contribution in [0.3, 0.4) is 0 Å². The first-order valence-corrected chi connectivity index (χ1v) is 8.25. The van der Waals surface area contributed by atoms with E-state index in [-0.39, 0.29) is 16.3 Å². The van der Waals surface area contributed by atoms with Crippen LogP contribution in [0.1, 0.15) is 22.5 Å². The van der Waals surface area contributed by atoms with E-state index in [1.165, 1.54) is 24.3 Å². The molecule has 0 aromatic carbocycles. The Bertz CT molecular complexity index is 547. The van der Waals surface area contributed by atoms with E-state index in [4.69, 9.17) is 9.84 Å². The average Bonchev–Trinajstić information content (AvgIpc) is 3.01. The molecular weight excluding hydrogens is 290 g/mol. The third-order valence-electron chi connectivity index (χ3n) is 2.70. The van der Waals surface area contributed by atoms with Crippen molar-refractivity contribution in [2.75, 3.05) is 19.8 Å².